The molecular formula is C22H25NO4. The summed E-state index contributed by atoms with van der Waals surface area (Å²) in [7, 11) is 1.64. The van der Waals surface area contributed by atoms with Crippen LogP contribution in [0.4, 0.5) is 5.69 Å². The zero-order chi connectivity index (χ0) is 19.4. The van der Waals surface area contributed by atoms with Gasteiger partial charge in [0.2, 0.25) is 5.91 Å². The molecule has 1 aliphatic carbocycles. The maximum absolute atomic E-state index is 13.1. The lowest BCUT2D eigenvalue weighted by Crippen LogP contribution is -2.46. The topological polar surface area (TPSA) is 75.6 Å². The summed E-state index contributed by atoms with van der Waals surface area (Å²) in [5.41, 5.74) is 3.10. The Labute approximate surface area is 159 Å². The Morgan fingerprint density at radius 3 is 2.59 bits per heavy atom. The molecule has 0 bridgehead atoms. The minimum Gasteiger partial charge on any atom is -0.496 e. The van der Waals surface area contributed by atoms with Gasteiger partial charge in [0.15, 0.2) is 0 Å². The highest BCUT2D eigenvalue weighted by Crippen LogP contribution is 2.45. The minimum absolute atomic E-state index is 0.0185. The number of carboxylic acid groups (broad SMARTS) is 1. The fraction of sp³-hybridized carbons (Fsp3) is 0.364. The van der Waals surface area contributed by atoms with Crippen LogP contribution in [0.25, 0.3) is 0 Å². The van der Waals surface area contributed by atoms with E-state index in [2.05, 4.69) is 5.32 Å². The molecule has 2 aromatic rings. The largest absolute Gasteiger partial charge is 0.496 e. The van der Waals surface area contributed by atoms with Crippen LogP contribution in [0.1, 0.15) is 42.4 Å². The fourth-order valence-electron chi connectivity index (χ4n) is 3.60. The fourth-order valence-corrected chi connectivity index (χ4v) is 3.60. The first-order valence-electron chi connectivity index (χ1n) is 9.22. The van der Waals surface area contributed by atoms with Crippen LogP contribution in [0.3, 0.4) is 0 Å². The highest BCUT2D eigenvalue weighted by Gasteiger charge is 2.45. The summed E-state index contributed by atoms with van der Waals surface area (Å²) in [6.45, 7) is 1.98. The molecule has 2 N–H and O–H groups in total. The second kappa shape index (κ2) is 7.82. The van der Waals surface area contributed by atoms with E-state index in [9.17, 15) is 9.59 Å². The molecule has 0 atom stereocenters. The SMILES string of the molecule is COc1cc(C2(C(=O)Nc3cccc(CCC(=O)O)c3)CCC2)ccc1C. The van der Waals surface area contributed by atoms with Crippen molar-refractivity contribution in [3.63, 3.8) is 0 Å². The first-order valence-corrected chi connectivity index (χ1v) is 9.22. The van der Waals surface area contributed by atoms with E-state index in [-0.39, 0.29) is 12.3 Å². The smallest absolute Gasteiger partial charge is 0.303 e. The number of carbonyl (C=O) groups is 2. The number of benzene rings is 2. The van der Waals surface area contributed by atoms with Crippen molar-refractivity contribution in [1.82, 2.24) is 0 Å². The Kier molecular flexibility index (Phi) is 5.49. The number of hydrogen-bond acceptors (Lipinski definition) is 3. The van der Waals surface area contributed by atoms with E-state index in [1.165, 1.54) is 0 Å². The zero-order valence-electron chi connectivity index (χ0n) is 15.7. The number of aliphatic carboxylic acids is 1. The van der Waals surface area contributed by atoms with Crippen molar-refractivity contribution in [2.45, 2.75) is 44.4 Å². The lowest BCUT2D eigenvalue weighted by molar-refractivity contribution is -0.137. The Balaban J connectivity index is 1.80. The van der Waals surface area contributed by atoms with Crippen molar-refractivity contribution in [3.05, 3.63) is 59.2 Å². The molecule has 27 heavy (non-hydrogen) atoms. The number of anilines is 1. The molecule has 0 spiro atoms. The summed E-state index contributed by atoms with van der Waals surface area (Å²) in [5.74, 6) is -0.0524. The Hall–Kier alpha value is -2.82. The molecule has 0 aromatic heterocycles. The third-order valence-corrected chi connectivity index (χ3v) is 5.41. The van der Waals surface area contributed by atoms with E-state index in [0.29, 0.717) is 12.1 Å². The van der Waals surface area contributed by atoms with E-state index in [4.69, 9.17) is 9.84 Å². The third-order valence-electron chi connectivity index (χ3n) is 5.41. The van der Waals surface area contributed by atoms with Crippen LogP contribution in [-0.2, 0) is 21.4 Å². The van der Waals surface area contributed by atoms with Gasteiger partial charge in [-0.1, -0.05) is 30.7 Å². The van der Waals surface area contributed by atoms with E-state index >= 15 is 0 Å². The van der Waals surface area contributed by atoms with Crippen LogP contribution in [0.5, 0.6) is 5.75 Å². The van der Waals surface area contributed by atoms with Crippen molar-refractivity contribution < 1.29 is 19.4 Å². The van der Waals surface area contributed by atoms with Gasteiger partial charge in [0.05, 0.1) is 12.5 Å². The predicted octanol–water partition coefficient (Wildman–Crippen LogP) is 4.08. The first kappa shape index (κ1) is 19.0. The standard InChI is InChI=1S/C22H25NO4/c1-15-7-9-17(14-19(15)27-2)22(11-4-12-22)21(26)23-18-6-3-5-16(13-18)8-10-20(24)25/h3,5-7,9,13-14H,4,8,10-12H2,1-2H3,(H,23,26)(H,24,25). The maximum atomic E-state index is 13.1. The van der Waals surface area contributed by atoms with Gasteiger partial charge in [-0.2, -0.15) is 0 Å². The van der Waals surface area contributed by atoms with Crippen LogP contribution in [-0.4, -0.2) is 24.1 Å². The van der Waals surface area contributed by atoms with E-state index < -0.39 is 11.4 Å². The number of methoxy groups -OCH3 is 1. The first-order chi connectivity index (χ1) is 12.9. The molecule has 0 radical (unpaired) electrons. The summed E-state index contributed by atoms with van der Waals surface area (Å²) < 4.78 is 5.43. The minimum atomic E-state index is -0.828. The summed E-state index contributed by atoms with van der Waals surface area (Å²) in [6.07, 6.45) is 3.15. The summed E-state index contributed by atoms with van der Waals surface area (Å²) in [4.78, 5) is 23.9. The van der Waals surface area contributed by atoms with Crippen LogP contribution in [0, 0.1) is 6.92 Å². The monoisotopic (exact) mass is 367 g/mol. The third kappa shape index (κ3) is 3.97. The van der Waals surface area contributed by atoms with E-state index in [1.54, 1.807) is 7.11 Å². The lowest BCUT2D eigenvalue weighted by Gasteiger charge is -2.41. The second-order valence-corrected chi connectivity index (χ2v) is 7.17. The van der Waals surface area contributed by atoms with Gasteiger partial charge in [-0.25, -0.2) is 0 Å². The molecule has 0 aliphatic heterocycles. The van der Waals surface area contributed by atoms with Crippen molar-refractivity contribution in [1.29, 1.82) is 0 Å². The molecule has 0 heterocycles. The molecule has 5 nitrogen and oxygen atoms in total. The molecule has 2 aromatic carbocycles. The molecule has 1 aliphatic rings. The molecule has 1 fully saturated rings. The average molecular weight is 367 g/mol. The van der Waals surface area contributed by atoms with Gasteiger partial charge >= 0.3 is 5.97 Å². The van der Waals surface area contributed by atoms with Gasteiger partial charge in [-0.15, -0.1) is 0 Å². The molecule has 3 rings (SSSR count). The Morgan fingerprint density at radius 1 is 1.19 bits per heavy atom. The molecule has 0 unspecified atom stereocenters. The van der Waals surface area contributed by atoms with Gasteiger partial charge in [0, 0.05) is 12.1 Å². The van der Waals surface area contributed by atoms with Gasteiger partial charge < -0.3 is 15.2 Å². The molecular weight excluding hydrogens is 342 g/mol. The lowest BCUT2D eigenvalue weighted by atomic mass is 9.63. The predicted molar refractivity (Wildman–Crippen MR) is 104 cm³/mol. The van der Waals surface area contributed by atoms with E-state index in [0.717, 1.165) is 41.7 Å². The second-order valence-electron chi connectivity index (χ2n) is 7.17. The number of ether oxygens (including phenoxy) is 1. The van der Waals surface area contributed by atoms with Crippen LogP contribution >= 0.6 is 0 Å². The number of rotatable bonds is 7. The molecule has 5 heteroatoms. The van der Waals surface area contributed by atoms with Gasteiger partial charge in [0.25, 0.3) is 0 Å². The molecule has 1 saturated carbocycles. The van der Waals surface area contributed by atoms with Crippen LogP contribution in [0.15, 0.2) is 42.5 Å². The number of hydrogen-bond donors (Lipinski definition) is 2. The van der Waals surface area contributed by atoms with Crippen molar-refractivity contribution >= 4 is 17.6 Å². The van der Waals surface area contributed by atoms with Gasteiger partial charge in [0.1, 0.15) is 5.75 Å². The Morgan fingerprint density at radius 2 is 1.96 bits per heavy atom. The molecule has 0 saturated heterocycles. The highest BCUT2D eigenvalue weighted by molar-refractivity contribution is 6.00. The van der Waals surface area contributed by atoms with Crippen molar-refractivity contribution in [2.75, 3.05) is 12.4 Å². The number of carboxylic acids is 1. The quantitative estimate of drug-likeness (QED) is 0.773. The molecule has 1 amide bonds. The number of carbonyl (C=O) groups excluding carboxylic acids is 1. The summed E-state index contributed by atoms with van der Waals surface area (Å²) in [5, 5.41) is 11.9. The summed E-state index contributed by atoms with van der Waals surface area (Å²) in [6, 6.07) is 13.4. The average Bonchev–Trinajstić information content (AvgIpc) is 2.60. The Bertz CT molecular complexity index is 855. The van der Waals surface area contributed by atoms with E-state index in [1.807, 2.05) is 49.4 Å². The van der Waals surface area contributed by atoms with Crippen LogP contribution < -0.4 is 10.1 Å². The zero-order valence-corrected chi connectivity index (χ0v) is 15.7. The number of amides is 1. The highest BCUT2D eigenvalue weighted by atomic mass is 16.5. The normalized spacial score (nSPS) is 14.9. The maximum Gasteiger partial charge on any atom is 0.303 e. The van der Waals surface area contributed by atoms with Gasteiger partial charge in [-0.3, -0.25) is 9.59 Å². The van der Waals surface area contributed by atoms with Crippen molar-refractivity contribution in [3.8, 4) is 5.75 Å². The van der Waals surface area contributed by atoms with Gasteiger partial charge in [-0.05, 0) is 61.1 Å². The summed E-state index contributed by atoms with van der Waals surface area (Å²) >= 11 is 0. The van der Waals surface area contributed by atoms with Crippen LogP contribution in [0.2, 0.25) is 0 Å². The molecule has 142 valence electrons. The number of nitrogens with one attached hydrogen (secondary N) is 1. The number of aryl methyl sites for hydroxylation is 2. The van der Waals surface area contributed by atoms with Crippen molar-refractivity contribution in [2.24, 2.45) is 0 Å².